The second-order valence-corrected chi connectivity index (χ2v) is 6.34. The number of nitrogens with one attached hydrogen (secondary N) is 1. The number of benzene rings is 1. The van der Waals surface area contributed by atoms with Crippen molar-refractivity contribution >= 4 is 23.4 Å². The third-order valence-electron chi connectivity index (χ3n) is 4.04. The third-order valence-corrected chi connectivity index (χ3v) is 4.29. The molecule has 0 aromatic heterocycles. The van der Waals surface area contributed by atoms with E-state index in [0.29, 0.717) is 11.6 Å². The van der Waals surface area contributed by atoms with Crippen LogP contribution in [0, 0.1) is 0 Å². The highest BCUT2D eigenvalue weighted by Gasteiger charge is 2.19. The molecule has 1 N–H and O–H groups in total. The Bertz CT molecular complexity index is 510. The highest BCUT2D eigenvalue weighted by molar-refractivity contribution is 6.30. The van der Waals surface area contributed by atoms with Crippen molar-refractivity contribution < 1.29 is 9.59 Å². The molecular weight excluding hydrogens is 300 g/mol. The van der Waals surface area contributed by atoms with Crippen LogP contribution < -0.4 is 5.32 Å². The smallest absolute Gasteiger partial charge is 0.239 e. The first kappa shape index (κ1) is 16.8. The first-order valence-corrected chi connectivity index (χ1v) is 8.21. The molecule has 0 spiro atoms. The fraction of sp³-hybridized carbons (Fsp3) is 0.529. The number of nitrogens with zero attached hydrogens (tertiary/aromatic N) is 1. The summed E-state index contributed by atoms with van der Waals surface area (Å²) < 4.78 is 0. The van der Waals surface area contributed by atoms with Crippen LogP contribution in [0.25, 0.3) is 0 Å². The quantitative estimate of drug-likeness (QED) is 0.905. The maximum Gasteiger partial charge on any atom is 0.239 e. The molecule has 0 heterocycles. The Morgan fingerprint density at radius 2 is 1.82 bits per heavy atom. The summed E-state index contributed by atoms with van der Waals surface area (Å²) in [5.41, 5.74) is 0.963. The van der Waals surface area contributed by atoms with Crippen LogP contribution in [0.5, 0.6) is 0 Å². The van der Waals surface area contributed by atoms with Crippen LogP contribution >= 0.6 is 11.6 Å². The maximum absolute atomic E-state index is 12.1. The van der Waals surface area contributed by atoms with Gasteiger partial charge in [0.05, 0.1) is 6.54 Å². The van der Waals surface area contributed by atoms with Gasteiger partial charge in [0, 0.05) is 24.5 Å². The lowest BCUT2D eigenvalue weighted by Gasteiger charge is -2.25. The van der Waals surface area contributed by atoms with Gasteiger partial charge in [0.1, 0.15) is 0 Å². The largest absolute Gasteiger partial charge is 0.352 e. The monoisotopic (exact) mass is 322 g/mol. The van der Waals surface area contributed by atoms with Crippen molar-refractivity contribution in [3.05, 3.63) is 34.9 Å². The number of carbonyl (C=O) groups excluding carboxylic acids is 2. The molecule has 4 nitrogen and oxygen atoms in total. The molecule has 0 atom stereocenters. The number of hydrogen-bond acceptors (Lipinski definition) is 2. The summed E-state index contributed by atoms with van der Waals surface area (Å²) in [5.74, 6) is -0.176. The summed E-state index contributed by atoms with van der Waals surface area (Å²) >= 11 is 5.86. The Morgan fingerprint density at radius 1 is 1.18 bits per heavy atom. The molecule has 1 aliphatic carbocycles. The van der Waals surface area contributed by atoms with E-state index in [1.165, 1.54) is 26.2 Å². The number of halogens is 1. The van der Waals surface area contributed by atoms with Gasteiger partial charge in [-0.25, -0.2) is 0 Å². The van der Waals surface area contributed by atoms with Crippen molar-refractivity contribution in [2.24, 2.45) is 0 Å². The van der Waals surface area contributed by atoms with E-state index in [0.717, 1.165) is 18.4 Å². The van der Waals surface area contributed by atoms with Crippen LogP contribution in [-0.2, 0) is 16.1 Å². The van der Waals surface area contributed by atoms with E-state index in [4.69, 9.17) is 11.6 Å². The first-order chi connectivity index (χ1) is 10.5. The highest BCUT2D eigenvalue weighted by atomic mass is 35.5. The van der Waals surface area contributed by atoms with Gasteiger partial charge in [0.2, 0.25) is 11.8 Å². The van der Waals surface area contributed by atoms with E-state index in [-0.39, 0.29) is 24.4 Å². The molecule has 120 valence electrons. The van der Waals surface area contributed by atoms with Gasteiger partial charge in [-0.15, -0.1) is 0 Å². The van der Waals surface area contributed by atoms with Crippen molar-refractivity contribution in [2.45, 2.75) is 51.6 Å². The molecule has 0 unspecified atom stereocenters. The fourth-order valence-corrected chi connectivity index (χ4v) is 2.91. The molecule has 1 aromatic rings. The molecule has 1 aromatic carbocycles. The Labute approximate surface area is 136 Å². The Kier molecular flexibility index (Phi) is 6.25. The molecule has 0 aliphatic heterocycles. The van der Waals surface area contributed by atoms with Crippen LogP contribution in [0.4, 0.5) is 0 Å². The van der Waals surface area contributed by atoms with Gasteiger partial charge >= 0.3 is 0 Å². The minimum atomic E-state index is -0.103. The van der Waals surface area contributed by atoms with Gasteiger partial charge < -0.3 is 10.2 Å². The van der Waals surface area contributed by atoms with E-state index >= 15 is 0 Å². The summed E-state index contributed by atoms with van der Waals surface area (Å²) in [7, 11) is 0. The van der Waals surface area contributed by atoms with Crippen LogP contribution in [0.2, 0.25) is 5.02 Å². The summed E-state index contributed by atoms with van der Waals surface area (Å²) in [6.45, 7) is 2.02. The zero-order valence-electron chi connectivity index (χ0n) is 13.0. The molecule has 2 rings (SSSR count). The topological polar surface area (TPSA) is 49.4 Å². The van der Waals surface area contributed by atoms with Gasteiger partial charge in [-0.1, -0.05) is 43.0 Å². The Morgan fingerprint density at radius 3 is 2.41 bits per heavy atom. The van der Waals surface area contributed by atoms with Gasteiger partial charge in [0.25, 0.3) is 0 Å². The minimum absolute atomic E-state index is 0.0731. The summed E-state index contributed by atoms with van der Waals surface area (Å²) in [6.07, 6.45) is 5.69. The molecule has 0 saturated heterocycles. The lowest BCUT2D eigenvalue weighted by molar-refractivity contribution is -0.135. The number of hydrogen-bond donors (Lipinski definition) is 1. The number of amides is 2. The predicted octanol–water partition coefficient (Wildman–Crippen LogP) is 3.14. The zero-order valence-corrected chi connectivity index (χ0v) is 13.7. The molecule has 1 saturated carbocycles. The summed E-state index contributed by atoms with van der Waals surface area (Å²) in [4.78, 5) is 25.5. The van der Waals surface area contributed by atoms with Crippen molar-refractivity contribution in [2.75, 3.05) is 6.54 Å². The normalized spacial score (nSPS) is 15.4. The fourth-order valence-electron chi connectivity index (χ4n) is 2.78. The van der Waals surface area contributed by atoms with E-state index in [9.17, 15) is 9.59 Å². The van der Waals surface area contributed by atoms with Crippen molar-refractivity contribution in [1.29, 1.82) is 0 Å². The molecule has 1 aliphatic rings. The van der Waals surface area contributed by atoms with E-state index in [1.807, 2.05) is 12.1 Å². The van der Waals surface area contributed by atoms with Crippen LogP contribution in [0.3, 0.4) is 0 Å². The van der Waals surface area contributed by atoms with Crippen molar-refractivity contribution in [3.8, 4) is 0 Å². The van der Waals surface area contributed by atoms with Crippen LogP contribution in [0.1, 0.15) is 44.6 Å². The SMILES string of the molecule is CC(=O)N(CC(=O)NC1CCCCC1)Cc1ccc(Cl)cc1. The molecule has 1 fully saturated rings. The van der Waals surface area contributed by atoms with Crippen LogP contribution in [0.15, 0.2) is 24.3 Å². The lowest BCUT2D eigenvalue weighted by atomic mass is 9.95. The van der Waals surface area contributed by atoms with Gasteiger partial charge in [0.15, 0.2) is 0 Å². The molecular formula is C17H23ClN2O2. The molecule has 0 bridgehead atoms. The standard InChI is InChI=1S/C17H23ClN2O2/c1-13(21)20(11-14-7-9-15(18)10-8-14)12-17(22)19-16-5-3-2-4-6-16/h7-10,16H,2-6,11-12H2,1H3,(H,19,22). The van der Waals surface area contributed by atoms with Gasteiger partial charge in [-0.2, -0.15) is 0 Å². The second-order valence-electron chi connectivity index (χ2n) is 5.90. The molecule has 2 amide bonds. The zero-order chi connectivity index (χ0) is 15.9. The molecule has 0 radical (unpaired) electrons. The second kappa shape index (κ2) is 8.18. The average Bonchev–Trinajstić information content (AvgIpc) is 2.49. The Hall–Kier alpha value is -1.55. The van der Waals surface area contributed by atoms with Crippen LogP contribution in [-0.4, -0.2) is 29.3 Å². The minimum Gasteiger partial charge on any atom is -0.352 e. The molecule has 5 heteroatoms. The van der Waals surface area contributed by atoms with Crippen molar-refractivity contribution in [3.63, 3.8) is 0 Å². The molecule has 22 heavy (non-hydrogen) atoms. The first-order valence-electron chi connectivity index (χ1n) is 7.84. The summed E-state index contributed by atoms with van der Waals surface area (Å²) in [5, 5.41) is 3.71. The lowest BCUT2D eigenvalue weighted by Crippen LogP contribution is -2.43. The van der Waals surface area contributed by atoms with Gasteiger partial charge in [-0.3, -0.25) is 9.59 Å². The average molecular weight is 323 g/mol. The Balaban J connectivity index is 1.88. The van der Waals surface area contributed by atoms with E-state index in [1.54, 1.807) is 17.0 Å². The van der Waals surface area contributed by atoms with E-state index < -0.39 is 0 Å². The van der Waals surface area contributed by atoms with E-state index in [2.05, 4.69) is 5.32 Å². The predicted molar refractivity (Wildman–Crippen MR) is 87.6 cm³/mol. The number of carbonyl (C=O) groups is 2. The number of rotatable bonds is 5. The highest BCUT2D eigenvalue weighted by Crippen LogP contribution is 2.17. The maximum atomic E-state index is 12.1. The third kappa shape index (κ3) is 5.34. The van der Waals surface area contributed by atoms with Gasteiger partial charge in [-0.05, 0) is 30.5 Å². The van der Waals surface area contributed by atoms with Crippen molar-refractivity contribution in [1.82, 2.24) is 10.2 Å². The summed E-state index contributed by atoms with van der Waals surface area (Å²) in [6, 6.07) is 7.59.